The van der Waals surface area contributed by atoms with Gasteiger partial charge in [0.25, 0.3) is 0 Å². The van der Waals surface area contributed by atoms with Crippen molar-refractivity contribution in [1.82, 2.24) is 5.32 Å². The lowest BCUT2D eigenvalue weighted by Gasteiger charge is -2.20. The number of hydrogen-bond acceptors (Lipinski definition) is 2. The Morgan fingerprint density at radius 1 is 1.15 bits per heavy atom. The van der Waals surface area contributed by atoms with E-state index < -0.39 is 0 Å². The maximum absolute atomic E-state index is 14.1. The van der Waals surface area contributed by atoms with Gasteiger partial charge >= 0.3 is 0 Å². The van der Waals surface area contributed by atoms with Gasteiger partial charge in [0.2, 0.25) is 0 Å². The molecule has 0 radical (unpaired) electrons. The minimum atomic E-state index is -0.185. The highest BCUT2D eigenvalue weighted by Crippen LogP contribution is 2.22. The van der Waals surface area contributed by atoms with E-state index in [-0.39, 0.29) is 5.82 Å². The lowest BCUT2D eigenvalue weighted by molar-refractivity contribution is 0.618. The molecule has 2 aromatic rings. The Labute approximate surface area is 127 Å². The molecule has 0 saturated heterocycles. The van der Waals surface area contributed by atoms with Crippen molar-refractivity contribution in [2.24, 2.45) is 0 Å². The smallest absolute Gasteiger partial charge is 0.146 e. The van der Waals surface area contributed by atoms with Crippen LogP contribution in [0.1, 0.15) is 11.1 Å². The van der Waals surface area contributed by atoms with Gasteiger partial charge in [-0.3, -0.25) is 0 Å². The van der Waals surface area contributed by atoms with Gasteiger partial charge in [0, 0.05) is 24.6 Å². The third-order valence-corrected chi connectivity index (χ3v) is 3.61. The van der Waals surface area contributed by atoms with Gasteiger partial charge in [0.05, 0.1) is 5.69 Å². The van der Waals surface area contributed by atoms with Crippen LogP contribution in [0.2, 0.25) is 0 Å². The fraction of sp³-hybridized carbons (Fsp3) is 0.250. The molecule has 0 heterocycles. The molecule has 0 aromatic heterocycles. The minimum absolute atomic E-state index is 0.185. The highest BCUT2D eigenvalue weighted by molar-refractivity contribution is 9.10. The molecular formula is C16H18BrFN2. The third-order valence-electron chi connectivity index (χ3n) is 3.11. The Morgan fingerprint density at radius 3 is 2.60 bits per heavy atom. The zero-order valence-electron chi connectivity index (χ0n) is 11.7. The summed E-state index contributed by atoms with van der Waals surface area (Å²) in [4.78, 5) is 1.92. The van der Waals surface area contributed by atoms with Crippen molar-refractivity contribution >= 4 is 21.6 Å². The highest BCUT2D eigenvalue weighted by Gasteiger charge is 2.09. The molecular weight excluding hydrogens is 319 g/mol. The van der Waals surface area contributed by atoms with E-state index in [9.17, 15) is 4.39 Å². The number of benzene rings is 2. The number of nitrogens with zero attached hydrogens (tertiary/aromatic N) is 1. The van der Waals surface area contributed by atoms with E-state index in [1.54, 1.807) is 6.07 Å². The SMILES string of the molecule is CNCc1ccc(N(C)Cc2cccc(Br)c2)c(F)c1. The van der Waals surface area contributed by atoms with E-state index in [4.69, 9.17) is 0 Å². The number of anilines is 1. The van der Waals surface area contributed by atoms with Crippen LogP contribution in [0, 0.1) is 5.82 Å². The van der Waals surface area contributed by atoms with Crippen molar-refractivity contribution in [2.45, 2.75) is 13.1 Å². The van der Waals surface area contributed by atoms with Gasteiger partial charge in [-0.2, -0.15) is 0 Å². The van der Waals surface area contributed by atoms with Crippen LogP contribution in [0.3, 0.4) is 0 Å². The molecule has 0 amide bonds. The lowest BCUT2D eigenvalue weighted by atomic mass is 10.1. The molecule has 0 saturated carbocycles. The van der Waals surface area contributed by atoms with Gasteiger partial charge in [0.15, 0.2) is 0 Å². The van der Waals surface area contributed by atoms with E-state index in [1.165, 1.54) is 0 Å². The first-order valence-corrected chi connectivity index (χ1v) is 7.28. The molecule has 0 fully saturated rings. The average molecular weight is 337 g/mol. The second-order valence-electron chi connectivity index (χ2n) is 4.80. The molecule has 0 bridgehead atoms. The highest BCUT2D eigenvalue weighted by atomic mass is 79.9. The van der Waals surface area contributed by atoms with Crippen LogP contribution in [0.25, 0.3) is 0 Å². The second kappa shape index (κ2) is 6.86. The van der Waals surface area contributed by atoms with Crippen LogP contribution in [0.15, 0.2) is 46.9 Å². The summed E-state index contributed by atoms with van der Waals surface area (Å²) in [6.45, 7) is 1.34. The van der Waals surface area contributed by atoms with Crippen LogP contribution in [-0.2, 0) is 13.1 Å². The maximum atomic E-state index is 14.1. The Balaban J connectivity index is 2.14. The molecule has 0 aliphatic rings. The quantitative estimate of drug-likeness (QED) is 0.889. The van der Waals surface area contributed by atoms with Crippen LogP contribution in [0.4, 0.5) is 10.1 Å². The van der Waals surface area contributed by atoms with Crippen molar-refractivity contribution in [3.05, 3.63) is 63.9 Å². The van der Waals surface area contributed by atoms with Gasteiger partial charge in [-0.15, -0.1) is 0 Å². The topological polar surface area (TPSA) is 15.3 Å². The molecule has 2 nitrogen and oxygen atoms in total. The first kappa shape index (κ1) is 15.0. The molecule has 20 heavy (non-hydrogen) atoms. The van der Waals surface area contributed by atoms with Crippen LogP contribution in [0.5, 0.6) is 0 Å². The predicted octanol–water partition coefficient (Wildman–Crippen LogP) is 3.94. The maximum Gasteiger partial charge on any atom is 0.146 e. The van der Waals surface area contributed by atoms with Crippen molar-refractivity contribution in [3.8, 4) is 0 Å². The Morgan fingerprint density at radius 2 is 1.95 bits per heavy atom. The minimum Gasteiger partial charge on any atom is -0.368 e. The number of halogens is 2. The summed E-state index contributed by atoms with van der Waals surface area (Å²) < 4.78 is 15.2. The van der Waals surface area contributed by atoms with E-state index in [2.05, 4.69) is 21.2 Å². The lowest BCUT2D eigenvalue weighted by Crippen LogP contribution is -2.18. The summed E-state index contributed by atoms with van der Waals surface area (Å²) >= 11 is 3.45. The molecule has 2 aromatic carbocycles. The zero-order chi connectivity index (χ0) is 14.5. The van der Waals surface area contributed by atoms with E-state index >= 15 is 0 Å². The molecule has 1 N–H and O–H groups in total. The first-order valence-electron chi connectivity index (χ1n) is 6.49. The van der Waals surface area contributed by atoms with Crippen molar-refractivity contribution in [1.29, 1.82) is 0 Å². The zero-order valence-corrected chi connectivity index (χ0v) is 13.2. The Bertz CT molecular complexity index is 586. The van der Waals surface area contributed by atoms with Gasteiger partial charge in [-0.05, 0) is 42.4 Å². The van der Waals surface area contributed by atoms with Gasteiger partial charge in [-0.25, -0.2) is 4.39 Å². The summed E-state index contributed by atoms with van der Waals surface area (Å²) in [6, 6.07) is 13.4. The predicted molar refractivity (Wildman–Crippen MR) is 85.4 cm³/mol. The molecule has 0 unspecified atom stereocenters. The Kier molecular flexibility index (Phi) is 5.15. The standard InChI is InChI=1S/C16H18BrFN2/c1-19-10-12-6-7-16(15(18)9-12)20(2)11-13-4-3-5-14(17)8-13/h3-9,19H,10-11H2,1-2H3. The number of hydrogen-bond donors (Lipinski definition) is 1. The molecule has 0 atom stereocenters. The number of nitrogens with one attached hydrogen (secondary N) is 1. The summed E-state index contributed by atoms with van der Waals surface area (Å²) in [7, 11) is 3.75. The molecule has 0 spiro atoms. The summed E-state index contributed by atoms with van der Waals surface area (Å²) in [6.07, 6.45) is 0. The van der Waals surface area contributed by atoms with Crippen molar-refractivity contribution < 1.29 is 4.39 Å². The molecule has 4 heteroatoms. The molecule has 0 aliphatic carbocycles. The number of rotatable bonds is 5. The average Bonchev–Trinajstić information content (AvgIpc) is 2.39. The van der Waals surface area contributed by atoms with Gasteiger partial charge < -0.3 is 10.2 Å². The second-order valence-corrected chi connectivity index (χ2v) is 5.72. The molecule has 2 rings (SSSR count). The third kappa shape index (κ3) is 3.81. The largest absolute Gasteiger partial charge is 0.368 e. The Hall–Kier alpha value is -1.39. The van der Waals surface area contributed by atoms with Crippen molar-refractivity contribution in [2.75, 3.05) is 19.0 Å². The first-order chi connectivity index (χ1) is 9.60. The fourth-order valence-corrected chi connectivity index (χ4v) is 2.62. The summed E-state index contributed by atoms with van der Waals surface area (Å²) in [5, 5.41) is 3.02. The van der Waals surface area contributed by atoms with E-state index in [0.717, 1.165) is 15.6 Å². The van der Waals surface area contributed by atoms with E-state index in [0.29, 0.717) is 18.8 Å². The summed E-state index contributed by atoms with van der Waals surface area (Å²) in [5.74, 6) is -0.185. The monoisotopic (exact) mass is 336 g/mol. The van der Waals surface area contributed by atoms with Crippen molar-refractivity contribution in [3.63, 3.8) is 0 Å². The normalized spacial score (nSPS) is 10.6. The molecule has 0 aliphatic heterocycles. The van der Waals surface area contributed by atoms with Gasteiger partial charge in [0.1, 0.15) is 5.82 Å². The molecule has 106 valence electrons. The fourth-order valence-electron chi connectivity index (χ4n) is 2.17. The van der Waals surface area contributed by atoms with Crippen LogP contribution < -0.4 is 10.2 Å². The van der Waals surface area contributed by atoms with Crippen LogP contribution in [-0.4, -0.2) is 14.1 Å². The van der Waals surface area contributed by atoms with E-state index in [1.807, 2.05) is 55.4 Å². The summed E-state index contributed by atoms with van der Waals surface area (Å²) in [5.41, 5.74) is 2.70. The van der Waals surface area contributed by atoms with Gasteiger partial charge in [-0.1, -0.05) is 34.1 Å². The van der Waals surface area contributed by atoms with Crippen LogP contribution >= 0.6 is 15.9 Å².